The van der Waals surface area contributed by atoms with Crippen molar-refractivity contribution in [1.82, 2.24) is 0 Å². The predicted molar refractivity (Wildman–Crippen MR) is 81.9 cm³/mol. The first-order valence-corrected chi connectivity index (χ1v) is 6.32. The summed E-state index contributed by atoms with van der Waals surface area (Å²) in [6, 6.07) is 16.7. The highest BCUT2D eigenvalue weighted by molar-refractivity contribution is 6.13. The van der Waals surface area contributed by atoms with Crippen molar-refractivity contribution in [2.75, 3.05) is 7.11 Å². The lowest BCUT2D eigenvalue weighted by Crippen LogP contribution is -2.00. The van der Waals surface area contributed by atoms with Gasteiger partial charge in [-0.25, -0.2) is 0 Å². The minimum atomic E-state index is -0.0311. The van der Waals surface area contributed by atoms with Crippen LogP contribution >= 0.6 is 0 Å². The second kappa shape index (κ2) is 6.53. The van der Waals surface area contributed by atoms with Gasteiger partial charge in [0, 0.05) is 11.1 Å². The Bertz CT molecular complexity index is 622. The van der Waals surface area contributed by atoms with Gasteiger partial charge in [0.25, 0.3) is 0 Å². The van der Waals surface area contributed by atoms with Crippen molar-refractivity contribution >= 4 is 11.9 Å². The van der Waals surface area contributed by atoms with E-state index in [9.17, 15) is 4.79 Å². The summed E-state index contributed by atoms with van der Waals surface area (Å²) >= 11 is 0. The van der Waals surface area contributed by atoms with E-state index >= 15 is 0 Å². The van der Waals surface area contributed by atoms with Gasteiger partial charge in [0.15, 0.2) is 5.78 Å². The monoisotopic (exact) mass is 264 g/mol. The molecule has 0 aliphatic carbocycles. The van der Waals surface area contributed by atoms with Crippen LogP contribution in [0, 0.1) is 0 Å². The fraction of sp³-hybridized carbons (Fsp3) is 0.0556. The molecule has 0 fully saturated rings. The summed E-state index contributed by atoms with van der Waals surface area (Å²) in [4.78, 5) is 12.3. The number of Topliss-reactive ketones (excluding diaryl/α,β-unsaturated/α-hetero) is 1. The number of allylic oxidation sites excluding steroid dienone is 2. The predicted octanol–water partition coefficient (Wildman–Crippen LogP) is 4.15. The maximum atomic E-state index is 12.3. The van der Waals surface area contributed by atoms with Gasteiger partial charge in [0.1, 0.15) is 5.75 Å². The fourth-order valence-corrected chi connectivity index (χ4v) is 1.85. The fourth-order valence-electron chi connectivity index (χ4n) is 1.85. The molecule has 0 unspecified atom stereocenters. The van der Waals surface area contributed by atoms with E-state index in [1.807, 2.05) is 48.5 Å². The molecule has 0 heterocycles. The summed E-state index contributed by atoms with van der Waals surface area (Å²) in [5, 5.41) is 0. The number of carbonyl (C=O) groups is 1. The number of carbonyl (C=O) groups excluding carboxylic acids is 1. The van der Waals surface area contributed by atoms with Crippen LogP contribution in [0.4, 0.5) is 0 Å². The van der Waals surface area contributed by atoms with E-state index < -0.39 is 0 Å². The highest BCUT2D eigenvalue weighted by Gasteiger charge is 2.08. The van der Waals surface area contributed by atoms with Crippen molar-refractivity contribution in [3.05, 3.63) is 84.0 Å². The second-order valence-corrected chi connectivity index (χ2v) is 4.27. The first-order valence-electron chi connectivity index (χ1n) is 6.32. The molecule has 2 aromatic rings. The molecule has 2 aromatic carbocycles. The topological polar surface area (TPSA) is 26.3 Å². The Labute approximate surface area is 119 Å². The van der Waals surface area contributed by atoms with Crippen molar-refractivity contribution in [3.8, 4) is 5.75 Å². The number of benzene rings is 2. The van der Waals surface area contributed by atoms with E-state index in [0.29, 0.717) is 11.1 Å². The molecule has 0 saturated heterocycles. The minimum Gasteiger partial charge on any atom is -0.497 e. The standard InChI is InChI=1S/C18H16O2/c1-3-15(18(19)16-7-5-4-6-8-16)13-14-9-11-17(20-2)12-10-14/h3-13H,1H2,2H3. The summed E-state index contributed by atoms with van der Waals surface area (Å²) < 4.78 is 5.11. The van der Waals surface area contributed by atoms with Gasteiger partial charge in [-0.05, 0) is 23.8 Å². The molecule has 0 spiro atoms. The molecule has 2 nitrogen and oxygen atoms in total. The van der Waals surface area contributed by atoms with Gasteiger partial charge >= 0.3 is 0 Å². The molecule has 0 N–H and O–H groups in total. The molecule has 2 heteroatoms. The number of methoxy groups -OCH3 is 1. The van der Waals surface area contributed by atoms with Crippen molar-refractivity contribution < 1.29 is 9.53 Å². The minimum absolute atomic E-state index is 0.0311. The van der Waals surface area contributed by atoms with Crippen LogP contribution in [0.2, 0.25) is 0 Å². The third kappa shape index (κ3) is 3.23. The van der Waals surface area contributed by atoms with E-state index in [-0.39, 0.29) is 5.78 Å². The van der Waals surface area contributed by atoms with Crippen molar-refractivity contribution in [2.45, 2.75) is 0 Å². The molecule has 0 aliphatic heterocycles. The van der Waals surface area contributed by atoms with Gasteiger partial charge in [-0.1, -0.05) is 55.1 Å². The Morgan fingerprint density at radius 2 is 1.70 bits per heavy atom. The highest BCUT2D eigenvalue weighted by atomic mass is 16.5. The maximum Gasteiger partial charge on any atom is 0.193 e. The second-order valence-electron chi connectivity index (χ2n) is 4.27. The molecule has 100 valence electrons. The first-order chi connectivity index (χ1) is 9.74. The Balaban J connectivity index is 2.29. The molecule has 0 atom stereocenters. The molecule has 0 radical (unpaired) electrons. The zero-order chi connectivity index (χ0) is 14.4. The van der Waals surface area contributed by atoms with E-state index in [4.69, 9.17) is 4.74 Å². The van der Waals surface area contributed by atoms with Crippen LogP contribution in [0.5, 0.6) is 5.75 Å². The third-order valence-corrected chi connectivity index (χ3v) is 2.96. The van der Waals surface area contributed by atoms with Crippen LogP contribution in [0.1, 0.15) is 15.9 Å². The summed E-state index contributed by atoms with van der Waals surface area (Å²) in [6.07, 6.45) is 3.40. The van der Waals surface area contributed by atoms with E-state index in [0.717, 1.165) is 11.3 Å². The van der Waals surface area contributed by atoms with Crippen molar-refractivity contribution in [3.63, 3.8) is 0 Å². The van der Waals surface area contributed by atoms with Crippen LogP contribution in [0.15, 0.2) is 72.8 Å². The van der Waals surface area contributed by atoms with E-state index in [1.54, 1.807) is 25.3 Å². The van der Waals surface area contributed by atoms with Crippen molar-refractivity contribution in [1.29, 1.82) is 0 Å². The average molecular weight is 264 g/mol. The van der Waals surface area contributed by atoms with Crippen LogP contribution in [0.25, 0.3) is 6.08 Å². The Morgan fingerprint density at radius 1 is 1.05 bits per heavy atom. The van der Waals surface area contributed by atoms with Crippen LogP contribution in [-0.2, 0) is 0 Å². The van der Waals surface area contributed by atoms with Gasteiger partial charge < -0.3 is 4.74 Å². The molecule has 20 heavy (non-hydrogen) atoms. The Hall–Kier alpha value is -2.61. The van der Waals surface area contributed by atoms with Crippen LogP contribution < -0.4 is 4.74 Å². The normalized spacial score (nSPS) is 10.9. The van der Waals surface area contributed by atoms with E-state index in [2.05, 4.69) is 6.58 Å². The molecule has 0 bridgehead atoms. The lowest BCUT2D eigenvalue weighted by molar-refractivity contribution is 0.103. The number of ether oxygens (including phenoxy) is 1. The quantitative estimate of drug-likeness (QED) is 0.461. The summed E-state index contributed by atoms with van der Waals surface area (Å²) in [6.45, 7) is 3.72. The largest absolute Gasteiger partial charge is 0.497 e. The lowest BCUT2D eigenvalue weighted by Gasteiger charge is -2.03. The SMILES string of the molecule is C=CC(=Cc1ccc(OC)cc1)C(=O)c1ccccc1. The lowest BCUT2D eigenvalue weighted by atomic mass is 10.0. The van der Waals surface area contributed by atoms with E-state index in [1.165, 1.54) is 0 Å². The number of ketones is 1. The molecule has 0 saturated carbocycles. The summed E-state index contributed by atoms with van der Waals surface area (Å²) in [7, 11) is 1.62. The Kier molecular flexibility index (Phi) is 4.51. The van der Waals surface area contributed by atoms with Gasteiger partial charge in [-0.15, -0.1) is 0 Å². The molecule has 0 aromatic heterocycles. The van der Waals surface area contributed by atoms with Gasteiger partial charge in [0.2, 0.25) is 0 Å². The van der Waals surface area contributed by atoms with Crippen LogP contribution in [0.3, 0.4) is 0 Å². The molecule has 0 amide bonds. The molecular weight excluding hydrogens is 248 g/mol. The van der Waals surface area contributed by atoms with Crippen LogP contribution in [-0.4, -0.2) is 12.9 Å². The highest BCUT2D eigenvalue weighted by Crippen LogP contribution is 2.16. The molecule has 2 rings (SSSR count). The smallest absolute Gasteiger partial charge is 0.193 e. The number of hydrogen-bond acceptors (Lipinski definition) is 2. The zero-order valence-electron chi connectivity index (χ0n) is 11.4. The van der Waals surface area contributed by atoms with Gasteiger partial charge in [-0.3, -0.25) is 4.79 Å². The molecular formula is C18H16O2. The van der Waals surface area contributed by atoms with Crippen molar-refractivity contribution in [2.24, 2.45) is 0 Å². The third-order valence-electron chi connectivity index (χ3n) is 2.96. The van der Waals surface area contributed by atoms with Gasteiger partial charge in [0.05, 0.1) is 7.11 Å². The first kappa shape index (κ1) is 13.8. The average Bonchev–Trinajstić information content (AvgIpc) is 2.53. The number of rotatable bonds is 5. The number of hydrogen-bond donors (Lipinski definition) is 0. The Morgan fingerprint density at radius 3 is 2.25 bits per heavy atom. The summed E-state index contributed by atoms with van der Waals surface area (Å²) in [5.74, 6) is 0.758. The zero-order valence-corrected chi connectivity index (χ0v) is 11.4. The van der Waals surface area contributed by atoms with Gasteiger partial charge in [-0.2, -0.15) is 0 Å². The molecule has 0 aliphatic rings. The maximum absolute atomic E-state index is 12.3. The summed E-state index contributed by atoms with van der Waals surface area (Å²) in [5.41, 5.74) is 2.17.